The van der Waals surface area contributed by atoms with E-state index in [1.54, 1.807) is 58.8 Å². The van der Waals surface area contributed by atoms with Gasteiger partial charge in [-0.05, 0) is 24.4 Å². The lowest BCUT2D eigenvalue weighted by molar-refractivity contribution is 0.0778. The third kappa shape index (κ3) is 4.16. The zero-order chi connectivity index (χ0) is 21.1. The van der Waals surface area contributed by atoms with Crippen molar-refractivity contribution in [2.45, 2.75) is 20.1 Å². The molecule has 0 N–H and O–H groups in total. The molecule has 0 aliphatic heterocycles. The summed E-state index contributed by atoms with van der Waals surface area (Å²) in [5, 5.41) is 9.33. The summed E-state index contributed by atoms with van der Waals surface area (Å²) in [5.41, 5.74) is 2.72. The van der Waals surface area contributed by atoms with Crippen LogP contribution < -0.4 is 0 Å². The molecule has 0 aliphatic carbocycles. The highest BCUT2D eigenvalue weighted by Gasteiger charge is 2.23. The summed E-state index contributed by atoms with van der Waals surface area (Å²) in [7, 11) is 3.33. The lowest BCUT2D eigenvalue weighted by atomic mass is 10.2. The SMILES string of the molecule is COCc1c(C(=O)N(C)Cc2csc(C)n2)cnn1-c1nccc(-c2cccs2)n1. The summed E-state index contributed by atoms with van der Waals surface area (Å²) < 4.78 is 6.91. The fraction of sp³-hybridized carbons (Fsp3) is 0.250. The van der Waals surface area contributed by atoms with E-state index in [2.05, 4.69) is 20.1 Å². The van der Waals surface area contributed by atoms with Crippen LogP contribution in [0.25, 0.3) is 16.5 Å². The normalized spacial score (nSPS) is 11.0. The van der Waals surface area contributed by atoms with Gasteiger partial charge in [0.2, 0.25) is 0 Å². The van der Waals surface area contributed by atoms with Crippen molar-refractivity contribution in [1.29, 1.82) is 0 Å². The van der Waals surface area contributed by atoms with Gasteiger partial charge in [0.1, 0.15) is 0 Å². The second-order valence-corrected chi connectivity index (χ2v) is 8.60. The second kappa shape index (κ2) is 8.82. The van der Waals surface area contributed by atoms with Crippen LogP contribution in [0.1, 0.15) is 26.8 Å². The van der Waals surface area contributed by atoms with Gasteiger partial charge in [0.15, 0.2) is 0 Å². The predicted octanol–water partition coefficient (Wildman–Crippen LogP) is 3.57. The van der Waals surface area contributed by atoms with Gasteiger partial charge in [0.05, 0.1) is 51.9 Å². The van der Waals surface area contributed by atoms with E-state index in [0.29, 0.717) is 23.8 Å². The molecule has 0 aliphatic rings. The topological polar surface area (TPSA) is 86.0 Å². The van der Waals surface area contributed by atoms with E-state index in [-0.39, 0.29) is 12.5 Å². The van der Waals surface area contributed by atoms with Crippen LogP contribution >= 0.6 is 22.7 Å². The quantitative estimate of drug-likeness (QED) is 0.437. The van der Waals surface area contributed by atoms with Gasteiger partial charge in [-0.25, -0.2) is 15.0 Å². The first kappa shape index (κ1) is 20.3. The lowest BCUT2D eigenvalue weighted by Crippen LogP contribution is -2.27. The molecule has 154 valence electrons. The molecule has 0 spiro atoms. The smallest absolute Gasteiger partial charge is 0.257 e. The summed E-state index contributed by atoms with van der Waals surface area (Å²) >= 11 is 3.17. The number of hydrogen-bond donors (Lipinski definition) is 0. The first-order chi connectivity index (χ1) is 14.6. The Morgan fingerprint density at radius 2 is 2.13 bits per heavy atom. The number of ether oxygens (including phenoxy) is 1. The molecule has 4 rings (SSSR count). The number of aromatic nitrogens is 5. The lowest BCUT2D eigenvalue weighted by Gasteiger charge is -2.16. The summed E-state index contributed by atoms with van der Waals surface area (Å²) in [5.74, 6) is 0.234. The van der Waals surface area contributed by atoms with Crippen molar-refractivity contribution in [2.75, 3.05) is 14.2 Å². The van der Waals surface area contributed by atoms with Gasteiger partial charge in [0, 0.05) is 25.7 Å². The van der Waals surface area contributed by atoms with Crippen molar-refractivity contribution < 1.29 is 9.53 Å². The zero-order valence-corrected chi connectivity index (χ0v) is 18.4. The molecule has 4 aromatic heterocycles. The number of aryl methyl sites for hydroxylation is 1. The largest absolute Gasteiger partial charge is 0.378 e. The highest BCUT2D eigenvalue weighted by molar-refractivity contribution is 7.13. The summed E-state index contributed by atoms with van der Waals surface area (Å²) in [6.45, 7) is 2.57. The zero-order valence-electron chi connectivity index (χ0n) is 16.8. The second-order valence-electron chi connectivity index (χ2n) is 6.59. The standard InChI is InChI=1S/C20H20N6O2S2/c1-13-23-14(12-30-13)10-25(2)19(27)15-9-22-26(17(15)11-28-3)20-21-7-6-16(24-20)18-5-4-8-29-18/h4-9,12H,10-11H2,1-3H3. The number of hydrogen-bond acceptors (Lipinski definition) is 8. The third-order valence-electron chi connectivity index (χ3n) is 4.40. The van der Waals surface area contributed by atoms with Gasteiger partial charge in [-0.1, -0.05) is 6.07 Å². The number of carbonyl (C=O) groups excluding carboxylic acids is 1. The molecule has 0 radical (unpaired) electrons. The number of methoxy groups -OCH3 is 1. The summed E-state index contributed by atoms with van der Waals surface area (Å²) in [6.07, 6.45) is 3.23. The van der Waals surface area contributed by atoms with Gasteiger partial charge >= 0.3 is 0 Å². The Balaban J connectivity index is 1.65. The van der Waals surface area contributed by atoms with Crippen LogP contribution in [0.4, 0.5) is 0 Å². The molecule has 0 saturated carbocycles. The highest BCUT2D eigenvalue weighted by Crippen LogP contribution is 2.23. The molecule has 10 heteroatoms. The van der Waals surface area contributed by atoms with E-state index in [0.717, 1.165) is 21.3 Å². The maximum absolute atomic E-state index is 13.1. The van der Waals surface area contributed by atoms with Crippen molar-refractivity contribution in [1.82, 2.24) is 29.6 Å². The minimum absolute atomic E-state index is 0.159. The van der Waals surface area contributed by atoms with Crippen molar-refractivity contribution in [3.8, 4) is 16.5 Å². The van der Waals surface area contributed by atoms with E-state index in [9.17, 15) is 4.79 Å². The molecule has 4 aromatic rings. The van der Waals surface area contributed by atoms with Gasteiger partial charge < -0.3 is 9.64 Å². The fourth-order valence-corrected chi connectivity index (χ4v) is 4.31. The Bertz CT molecular complexity index is 1150. The van der Waals surface area contributed by atoms with Crippen LogP contribution in [0, 0.1) is 6.92 Å². The molecular weight excluding hydrogens is 420 g/mol. The molecular formula is C20H20N6O2S2. The van der Waals surface area contributed by atoms with Crippen molar-refractivity contribution in [2.24, 2.45) is 0 Å². The van der Waals surface area contributed by atoms with E-state index in [4.69, 9.17) is 4.74 Å². The maximum atomic E-state index is 13.1. The van der Waals surface area contributed by atoms with Gasteiger partial charge in [-0.3, -0.25) is 4.79 Å². The first-order valence-electron chi connectivity index (χ1n) is 9.16. The van der Waals surface area contributed by atoms with Crippen LogP contribution in [0.2, 0.25) is 0 Å². The Morgan fingerprint density at radius 3 is 2.83 bits per heavy atom. The molecule has 0 aromatic carbocycles. The average molecular weight is 441 g/mol. The minimum atomic E-state index is -0.159. The molecule has 0 unspecified atom stereocenters. The Hall–Kier alpha value is -2.95. The van der Waals surface area contributed by atoms with Crippen molar-refractivity contribution in [3.05, 3.63) is 63.3 Å². The molecule has 30 heavy (non-hydrogen) atoms. The van der Waals surface area contributed by atoms with Gasteiger partial charge in [-0.2, -0.15) is 9.78 Å². The van der Waals surface area contributed by atoms with Crippen LogP contribution in [0.5, 0.6) is 0 Å². The molecule has 0 atom stereocenters. The highest BCUT2D eigenvalue weighted by atomic mass is 32.1. The molecule has 0 bridgehead atoms. The molecule has 4 heterocycles. The number of amides is 1. The monoisotopic (exact) mass is 440 g/mol. The summed E-state index contributed by atoms with van der Waals surface area (Å²) in [4.78, 5) is 29.2. The molecule has 8 nitrogen and oxygen atoms in total. The van der Waals surface area contributed by atoms with Crippen molar-refractivity contribution in [3.63, 3.8) is 0 Å². The number of rotatable bonds is 7. The van der Waals surface area contributed by atoms with Crippen LogP contribution in [0.3, 0.4) is 0 Å². The van der Waals surface area contributed by atoms with Gasteiger partial charge in [-0.15, -0.1) is 22.7 Å². The Labute approximate surface area is 181 Å². The predicted molar refractivity (Wildman–Crippen MR) is 116 cm³/mol. The number of carbonyl (C=O) groups is 1. The number of nitrogens with zero attached hydrogens (tertiary/aromatic N) is 6. The van der Waals surface area contributed by atoms with E-state index >= 15 is 0 Å². The number of thiazole rings is 1. The van der Waals surface area contributed by atoms with Gasteiger partial charge in [0.25, 0.3) is 11.9 Å². The molecule has 1 amide bonds. The van der Waals surface area contributed by atoms with Crippen LogP contribution in [-0.2, 0) is 17.9 Å². The maximum Gasteiger partial charge on any atom is 0.257 e. The van der Waals surface area contributed by atoms with Crippen molar-refractivity contribution >= 4 is 28.6 Å². The van der Waals surface area contributed by atoms with E-state index in [1.165, 1.54) is 0 Å². The molecule has 0 fully saturated rings. The summed E-state index contributed by atoms with van der Waals surface area (Å²) in [6, 6.07) is 5.83. The fourth-order valence-electron chi connectivity index (χ4n) is 3.01. The first-order valence-corrected chi connectivity index (χ1v) is 10.9. The third-order valence-corrected chi connectivity index (χ3v) is 6.11. The number of thiophene rings is 1. The Morgan fingerprint density at radius 1 is 1.27 bits per heavy atom. The van der Waals surface area contributed by atoms with E-state index < -0.39 is 0 Å². The average Bonchev–Trinajstić information content (AvgIpc) is 3.49. The Kier molecular flexibility index (Phi) is 5.98. The van der Waals surface area contributed by atoms with Crippen LogP contribution in [0.15, 0.2) is 41.4 Å². The minimum Gasteiger partial charge on any atom is -0.378 e. The van der Waals surface area contributed by atoms with Crippen LogP contribution in [-0.4, -0.2) is 49.7 Å². The molecule has 0 saturated heterocycles. The van der Waals surface area contributed by atoms with E-state index in [1.807, 2.05) is 35.9 Å².